The third kappa shape index (κ3) is 2.94. The number of aromatic nitrogens is 1. The summed E-state index contributed by atoms with van der Waals surface area (Å²) < 4.78 is 1.31. The summed E-state index contributed by atoms with van der Waals surface area (Å²) in [6.45, 7) is 0.124. The zero-order valence-corrected chi connectivity index (χ0v) is 13.7. The summed E-state index contributed by atoms with van der Waals surface area (Å²) in [5.74, 6) is -0.806. The number of hydrogen-bond donors (Lipinski definition) is 2. The minimum atomic E-state index is -0.532. The monoisotopic (exact) mass is 348 g/mol. The lowest BCUT2D eigenvalue weighted by atomic mass is 10.1. The molecule has 0 aliphatic carbocycles. The summed E-state index contributed by atoms with van der Waals surface area (Å²) in [5.41, 5.74) is -0.386. The molecular formula is C15H16N4O4S. The van der Waals surface area contributed by atoms with E-state index < -0.39 is 17.5 Å². The lowest BCUT2D eigenvalue weighted by molar-refractivity contribution is -0.129. The molecule has 4 amide bonds. The molecular weight excluding hydrogens is 332 g/mol. The van der Waals surface area contributed by atoms with Crippen LogP contribution in [0.1, 0.15) is 10.4 Å². The number of hydrogen-bond acceptors (Lipinski definition) is 5. The number of carbonyl (C=O) groups excluding carboxylic acids is 3. The van der Waals surface area contributed by atoms with Gasteiger partial charge in [0.15, 0.2) is 0 Å². The van der Waals surface area contributed by atoms with Crippen LogP contribution in [-0.4, -0.2) is 51.7 Å². The van der Waals surface area contributed by atoms with Crippen molar-refractivity contribution in [2.75, 3.05) is 13.1 Å². The first kappa shape index (κ1) is 16.3. The van der Waals surface area contributed by atoms with Gasteiger partial charge < -0.3 is 15.2 Å². The molecule has 3 rings (SSSR count). The summed E-state index contributed by atoms with van der Waals surface area (Å²) in [5, 5.41) is 6.75. The molecule has 1 aromatic rings. The molecule has 126 valence electrons. The number of imide groups is 1. The molecule has 0 saturated carbocycles. The predicted octanol–water partition coefficient (Wildman–Crippen LogP) is -0.335. The highest BCUT2D eigenvalue weighted by molar-refractivity contribution is 8.03. The van der Waals surface area contributed by atoms with Gasteiger partial charge in [-0.15, -0.1) is 11.8 Å². The molecule has 2 aliphatic rings. The highest BCUT2D eigenvalue weighted by Crippen LogP contribution is 2.29. The van der Waals surface area contributed by atoms with Crippen molar-refractivity contribution in [2.45, 2.75) is 11.3 Å². The van der Waals surface area contributed by atoms with E-state index in [1.54, 1.807) is 30.8 Å². The fourth-order valence-electron chi connectivity index (χ4n) is 2.57. The van der Waals surface area contributed by atoms with Gasteiger partial charge in [-0.1, -0.05) is 6.08 Å². The molecule has 2 atom stereocenters. The van der Waals surface area contributed by atoms with E-state index >= 15 is 0 Å². The summed E-state index contributed by atoms with van der Waals surface area (Å²) in [7, 11) is 1.56. The van der Waals surface area contributed by atoms with Gasteiger partial charge in [-0.2, -0.15) is 0 Å². The Morgan fingerprint density at radius 2 is 2.17 bits per heavy atom. The van der Waals surface area contributed by atoms with Crippen LogP contribution in [0.4, 0.5) is 4.79 Å². The van der Waals surface area contributed by atoms with Crippen molar-refractivity contribution in [1.82, 2.24) is 20.1 Å². The van der Waals surface area contributed by atoms with Gasteiger partial charge in [-0.05, 0) is 17.5 Å². The number of amides is 4. The van der Waals surface area contributed by atoms with Gasteiger partial charge >= 0.3 is 6.03 Å². The van der Waals surface area contributed by atoms with E-state index in [0.717, 1.165) is 4.90 Å². The first-order chi connectivity index (χ1) is 11.5. The number of pyridine rings is 1. The van der Waals surface area contributed by atoms with E-state index in [9.17, 15) is 19.2 Å². The molecule has 2 unspecified atom stereocenters. The summed E-state index contributed by atoms with van der Waals surface area (Å²) in [6, 6.07) is 2.29. The van der Waals surface area contributed by atoms with Gasteiger partial charge in [-0.3, -0.25) is 19.3 Å². The van der Waals surface area contributed by atoms with Gasteiger partial charge in [0.25, 0.3) is 11.5 Å². The van der Waals surface area contributed by atoms with E-state index in [0.29, 0.717) is 0 Å². The van der Waals surface area contributed by atoms with Gasteiger partial charge in [0.05, 0.1) is 6.04 Å². The van der Waals surface area contributed by atoms with E-state index in [4.69, 9.17) is 0 Å². The second-order valence-electron chi connectivity index (χ2n) is 5.44. The molecule has 3 heterocycles. The Morgan fingerprint density at radius 1 is 1.38 bits per heavy atom. The van der Waals surface area contributed by atoms with Gasteiger partial charge in [-0.25, -0.2) is 4.79 Å². The number of aryl methyl sites for hydroxylation is 1. The number of urea groups is 1. The van der Waals surface area contributed by atoms with Crippen molar-refractivity contribution in [3.05, 3.63) is 45.7 Å². The van der Waals surface area contributed by atoms with E-state index in [1.165, 1.54) is 22.4 Å². The van der Waals surface area contributed by atoms with E-state index in [-0.39, 0.29) is 35.9 Å². The normalized spacial score (nSPS) is 22.3. The number of nitrogens with one attached hydrogen (secondary N) is 2. The first-order valence-corrected chi connectivity index (χ1v) is 8.31. The topological polar surface area (TPSA) is 101 Å². The fourth-order valence-corrected chi connectivity index (χ4v) is 3.57. The largest absolute Gasteiger partial charge is 0.350 e. The Bertz CT molecular complexity index is 788. The third-order valence-electron chi connectivity index (χ3n) is 3.87. The van der Waals surface area contributed by atoms with Crippen LogP contribution in [0, 0.1) is 0 Å². The third-order valence-corrected chi connectivity index (χ3v) is 4.97. The smallest absolute Gasteiger partial charge is 0.324 e. The van der Waals surface area contributed by atoms with Crippen molar-refractivity contribution in [1.29, 1.82) is 0 Å². The highest BCUT2D eigenvalue weighted by atomic mass is 32.2. The Morgan fingerprint density at radius 3 is 2.96 bits per heavy atom. The molecule has 1 fully saturated rings. The molecule has 1 saturated heterocycles. The van der Waals surface area contributed by atoms with Crippen LogP contribution < -0.4 is 16.2 Å². The minimum absolute atomic E-state index is 0.0186. The fraction of sp³-hybridized carbons (Fsp3) is 0.333. The van der Waals surface area contributed by atoms with Crippen LogP contribution in [0.15, 0.2) is 34.6 Å². The van der Waals surface area contributed by atoms with Crippen LogP contribution in [0.25, 0.3) is 0 Å². The standard InChI is InChI=1S/C15H16N4O4S/c1-18-6-2-3-9(13(18)21)12(20)16-5-7-19-14(22)11-10(4-8-24-11)17-15(19)23/h2-4,6,8,10-11H,5,7H2,1H3,(H,16,20)(H,17,23). The predicted molar refractivity (Wildman–Crippen MR) is 88.6 cm³/mol. The first-order valence-electron chi connectivity index (χ1n) is 7.37. The molecule has 0 bridgehead atoms. The minimum Gasteiger partial charge on any atom is -0.350 e. The number of carbonyl (C=O) groups is 3. The number of rotatable bonds is 4. The second-order valence-corrected chi connectivity index (χ2v) is 6.50. The molecule has 9 heteroatoms. The average molecular weight is 348 g/mol. The Kier molecular flexibility index (Phi) is 4.43. The number of thioether (sulfide) groups is 1. The number of nitrogens with zero attached hydrogens (tertiary/aromatic N) is 2. The van der Waals surface area contributed by atoms with Crippen molar-refractivity contribution in [3.8, 4) is 0 Å². The zero-order chi connectivity index (χ0) is 17.3. The quantitative estimate of drug-likeness (QED) is 0.776. The van der Waals surface area contributed by atoms with Crippen molar-refractivity contribution in [2.24, 2.45) is 7.05 Å². The second kappa shape index (κ2) is 6.52. The van der Waals surface area contributed by atoms with Crippen molar-refractivity contribution >= 4 is 29.6 Å². The van der Waals surface area contributed by atoms with Crippen LogP contribution in [-0.2, 0) is 11.8 Å². The van der Waals surface area contributed by atoms with E-state index in [1.807, 2.05) is 0 Å². The molecule has 1 aromatic heterocycles. The highest BCUT2D eigenvalue weighted by Gasteiger charge is 2.41. The molecule has 8 nitrogen and oxygen atoms in total. The van der Waals surface area contributed by atoms with E-state index in [2.05, 4.69) is 10.6 Å². The summed E-state index contributed by atoms with van der Waals surface area (Å²) in [6.07, 6.45) is 3.34. The maximum Gasteiger partial charge on any atom is 0.324 e. The maximum atomic E-state index is 12.3. The van der Waals surface area contributed by atoms with Gasteiger partial charge in [0.2, 0.25) is 5.91 Å². The van der Waals surface area contributed by atoms with Crippen molar-refractivity contribution < 1.29 is 14.4 Å². The lowest BCUT2D eigenvalue weighted by Gasteiger charge is -2.33. The van der Waals surface area contributed by atoms with Crippen LogP contribution in [0.2, 0.25) is 0 Å². The van der Waals surface area contributed by atoms with Crippen LogP contribution in [0.3, 0.4) is 0 Å². The molecule has 2 N–H and O–H groups in total. The zero-order valence-electron chi connectivity index (χ0n) is 12.9. The SMILES string of the molecule is Cn1cccc(C(=O)NCCN2C(=O)NC3C=CSC3C2=O)c1=O. The lowest BCUT2D eigenvalue weighted by Crippen LogP contribution is -2.61. The summed E-state index contributed by atoms with van der Waals surface area (Å²) in [4.78, 5) is 49.3. The van der Waals surface area contributed by atoms with Gasteiger partial charge in [0, 0.05) is 26.3 Å². The molecule has 0 spiro atoms. The Hall–Kier alpha value is -2.55. The molecule has 2 aliphatic heterocycles. The Labute approximate surface area is 141 Å². The molecule has 0 aromatic carbocycles. The molecule has 0 radical (unpaired) electrons. The van der Waals surface area contributed by atoms with Gasteiger partial charge in [0.1, 0.15) is 10.8 Å². The van der Waals surface area contributed by atoms with Crippen LogP contribution >= 0.6 is 11.8 Å². The summed E-state index contributed by atoms with van der Waals surface area (Å²) >= 11 is 1.36. The molecule has 24 heavy (non-hydrogen) atoms. The maximum absolute atomic E-state index is 12.3. The Balaban J connectivity index is 1.59. The number of fused-ring (bicyclic) bond motifs is 1. The average Bonchev–Trinajstić information content (AvgIpc) is 3.01. The van der Waals surface area contributed by atoms with Crippen LogP contribution in [0.5, 0.6) is 0 Å². The van der Waals surface area contributed by atoms with Crippen molar-refractivity contribution in [3.63, 3.8) is 0 Å².